The summed E-state index contributed by atoms with van der Waals surface area (Å²) in [6.45, 7) is 5.04. The number of anilines is 1. The molecule has 1 aromatic heterocycles. The lowest BCUT2D eigenvalue weighted by atomic mass is 10.2. The fraction of sp³-hybridized carbons (Fsp3) is 0.353. The highest BCUT2D eigenvalue weighted by Crippen LogP contribution is 2.33. The van der Waals surface area contributed by atoms with Crippen molar-refractivity contribution < 1.29 is 13.2 Å². The number of fused-ring (bicyclic) bond motifs is 1. The van der Waals surface area contributed by atoms with Crippen LogP contribution in [-0.2, 0) is 16.4 Å². The minimum absolute atomic E-state index is 0.102. The fourth-order valence-corrected chi connectivity index (χ4v) is 5.53. The van der Waals surface area contributed by atoms with Gasteiger partial charge in [-0.05, 0) is 42.3 Å². The summed E-state index contributed by atoms with van der Waals surface area (Å²) in [5, 5.41) is 0. The van der Waals surface area contributed by atoms with E-state index in [1.165, 1.54) is 15.6 Å². The van der Waals surface area contributed by atoms with E-state index in [4.69, 9.17) is 11.6 Å². The summed E-state index contributed by atoms with van der Waals surface area (Å²) in [5.41, 5.74) is 1.65. The van der Waals surface area contributed by atoms with Gasteiger partial charge >= 0.3 is 0 Å². The number of halogens is 1. The van der Waals surface area contributed by atoms with Crippen LogP contribution in [0, 0.1) is 0 Å². The fourth-order valence-electron chi connectivity index (χ4n) is 3.02. The number of rotatable bonds is 5. The van der Waals surface area contributed by atoms with Crippen LogP contribution < -0.4 is 4.90 Å². The number of nitrogens with zero attached hydrogens (tertiary/aromatic N) is 2. The molecule has 0 aliphatic carbocycles. The number of carbonyl (C=O) groups is 1. The first kappa shape index (κ1) is 18.4. The molecule has 25 heavy (non-hydrogen) atoms. The second kappa shape index (κ2) is 7.07. The summed E-state index contributed by atoms with van der Waals surface area (Å²) in [6, 6.07) is 8.42. The number of benzene rings is 1. The van der Waals surface area contributed by atoms with Gasteiger partial charge in [-0.25, -0.2) is 8.42 Å². The number of thiophene rings is 1. The van der Waals surface area contributed by atoms with Crippen molar-refractivity contribution in [2.24, 2.45) is 0 Å². The maximum Gasteiger partial charge on any atom is 0.268 e. The normalized spacial score (nSPS) is 14.2. The molecule has 0 radical (unpaired) electrons. The van der Waals surface area contributed by atoms with Crippen molar-refractivity contribution in [3.8, 4) is 0 Å². The molecule has 1 aromatic carbocycles. The lowest BCUT2D eigenvalue weighted by Gasteiger charge is -2.20. The molecule has 0 N–H and O–H groups in total. The Hall–Kier alpha value is -1.41. The van der Waals surface area contributed by atoms with Crippen molar-refractivity contribution in [3.05, 3.63) is 45.1 Å². The maximum absolute atomic E-state index is 12.7. The Bertz CT molecular complexity index is 904. The minimum Gasteiger partial charge on any atom is -0.307 e. The zero-order valence-corrected chi connectivity index (χ0v) is 16.4. The summed E-state index contributed by atoms with van der Waals surface area (Å²) in [6.07, 6.45) is 0.641. The molecule has 5 nitrogen and oxygen atoms in total. The molecule has 0 unspecified atom stereocenters. The van der Waals surface area contributed by atoms with Crippen LogP contribution in [0.1, 0.15) is 29.1 Å². The average Bonchev–Trinajstić information content (AvgIpc) is 3.20. The topological polar surface area (TPSA) is 57.7 Å². The van der Waals surface area contributed by atoms with E-state index >= 15 is 0 Å². The number of sulfonamides is 1. The summed E-state index contributed by atoms with van der Waals surface area (Å²) >= 11 is 7.16. The van der Waals surface area contributed by atoms with Crippen molar-refractivity contribution in [2.75, 3.05) is 24.5 Å². The Labute approximate surface area is 156 Å². The molecule has 1 aliphatic rings. The number of carbonyl (C=O) groups excluding carboxylic acids is 1. The average molecular weight is 399 g/mol. The zero-order chi connectivity index (χ0) is 18.2. The minimum atomic E-state index is -3.49. The van der Waals surface area contributed by atoms with Crippen molar-refractivity contribution in [3.63, 3.8) is 0 Å². The summed E-state index contributed by atoms with van der Waals surface area (Å²) in [5.74, 6) is -0.102. The third kappa shape index (κ3) is 3.33. The SMILES string of the molecule is CCN(CC)S(=O)(=O)c1ccc2c(c1)CCN2C(=O)c1ccc(Cl)s1. The highest BCUT2D eigenvalue weighted by molar-refractivity contribution is 7.89. The molecular formula is C17H19ClN2O3S2. The number of amides is 1. The molecule has 2 aromatic rings. The van der Waals surface area contributed by atoms with Crippen LogP contribution in [0.25, 0.3) is 0 Å². The van der Waals surface area contributed by atoms with Gasteiger partial charge in [0.1, 0.15) is 0 Å². The van der Waals surface area contributed by atoms with Gasteiger partial charge in [0.15, 0.2) is 0 Å². The van der Waals surface area contributed by atoms with Crippen LogP contribution in [0.4, 0.5) is 5.69 Å². The third-order valence-corrected chi connectivity index (χ3v) is 7.58. The van der Waals surface area contributed by atoms with E-state index in [9.17, 15) is 13.2 Å². The molecule has 0 bridgehead atoms. The quantitative estimate of drug-likeness (QED) is 0.772. The highest BCUT2D eigenvalue weighted by atomic mass is 35.5. The van der Waals surface area contributed by atoms with Crippen LogP contribution >= 0.6 is 22.9 Å². The van der Waals surface area contributed by atoms with Gasteiger partial charge in [-0.2, -0.15) is 4.31 Å². The smallest absolute Gasteiger partial charge is 0.268 e. The molecule has 3 rings (SSSR count). The largest absolute Gasteiger partial charge is 0.307 e. The van der Waals surface area contributed by atoms with Gasteiger partial charge in [-0.3, -0.25) is 4.79 Å². The summed E-state index contributed by atoms with van der Waals surface area (Å²) in [7, 11) is -3.49. The maximum atomic E-state index is 12.7. The standard InChI is InChI=1S/C17H19ClN2O3S2/c1-3-19(4-2)25(22,23)13-5-6-14-12(11-13)9-10-20(14)17(21)15-7-8-16(18)24-15/h5-8,11H,3-4,9-10H2,1-2H3. The van der Waals surface area contributed by atoms with Crippen LogP contribution in [0.3, 0.4) is 0 Å². The van der Waals surface area contributed by atoms with E-state index in [-0.39, 0.29) is 10.8 Å². The molecule has 8 heteroatoms. The molecule has 0 saturated heterocycles. The third-order valence-electron chi connectivity index (χ3n) is 4.32. The first-order valence-electron chi connectivity index (χ1n) is 8.08. The molecule has 0 spiro atoms. The Balaban J connectivity index is 1.92. The molecule has 1 amide bonds. The lowest BCUT2D eigenvalue weighted by molar-refractivity contribution is 0.0993. The Morgan fingerprint density at radius 2 is 1.96 bits per heavy atom. The van der Waals surface area contributed by atoms with Crippen molar-refractivity contribution in [1.82, 2.24) is 4.31 Å². The van der Waals surface area contributed by atoms with Crippen LogP contribution in [0.15, 0.2) is 35.2 Å². The van der Waals surface area contributed by atoms with Gasteiger partial charge in [0, 0.05) is 25.3 Å². The molecule has 2 heterocycles. The van der Waals surface area contributed by atoms with Crippen molar-refractivity contribution in [2.45, 2.75) is 25.2 Å². The Morgan fingerprint density at radius 1 is 1.24 bits per heavy atom. The van der Waals surface area contributed by atoms with E-state index in [1.54, 1.807) is 35.2 Å². The Kier molecular flexibility index (Phi) is 5.20. The molecule has 1 aliphatic heterocycles. The Morgan fingerprint density at radius 3 is 2.56 bits per heavy atom. The van der Waals surface area contributed by atoms with Crippen LogP contribution in [0.5, 0.6) is 0 Å². The molecule has 0 fully saturated rings. The zero-order valence-electron chi connectivity index (χ0n) is 14.0. The molecular weight excluding hydrogens is 380 g/mol. The molecule has 134 valence electrons. The van der Waals surface area contributed by atoms with Gasteiger partial charge < -0.3 is 4.90 Å². The second-order valence-corrected chi connectivity index (χ2v) is 9.34. The monoisotopic (exact) mass is 398 g/mol. The van der Waals surface area contributed by atoms with E-state index < -0.39 is 10.0 Å². The molecule has 0 atom stereocenters. The van der Waals surface area contributed by atoms with E-state index in [0.29, 0.717) is 35.3 Å². The summed E-state index contributed by atoms with van der Waals surface area (Å²) in [4.78, 5) is 15.2. The van der Waals surface area contributed by atoms with E-state index in [0.717, 1.165) is 11.3 Å². The first-order valence-corrected chi connectivity index (χ1v) is 10.7. The first-order chi connectivity index (χ1) is 11.9. The number of hydrogen-bond donors (Lipinski definition) is 0. The number of hydrogen-bond acceptors (Lipinski definition) is 4. The predicted octanol–water partition coefficient (Wildman–Crippen LogP) is 3.63. The van der Waals surface area contributed by atoms with Crippen LogP contribution in [0.2, 0.25) is 4.34 Å². The van der Waals surface area contributed by atoms with Gasteiger partial charge in [0.25, 0.3) is 5.91 Å². The van der Waals surface area contributed by atoms with E-state index in [1.807, 2.05) is 13.8 Å². The second-order valence-electron chi connectivity index (χ2n) is 5.69. The van der Waals surface area contributed by atoms with Crippen molar-refractivity contribution in [1.29, 1.82) is 0 Å². The van der Waals surface area contributed by atoms with Gasteiger partial charge in [0.05, 0.1) is 14.1 Å². The van der Waals surface area contributed by atoms with Gasteiger partial charge in [-0.1, -0.05) is 25.4 Å². The lowest BCUT2D eigenvalue weighted by Crippen LogP contribution is -2.30. The molecule has 0 saturated carbocycles. The van der Waals surface area contributed by atoms with Gasteiger partial charge in [0.2, 0.25) is 10.0 Å². The highest BCUT2D eigenvalue weighted by Gasteiger charge is 2.29. The summed E-state index contributed by atoms with van der Waals surface area (Å²) < 4.78 is 27.3. The van der Waals surface area contributed by atoms with Crippen LogP contribution in [-0.4, -0.2) is 38.3 Å². The van der Waals surface area contributed by atoms with Gasteiger partial charge in [-0.15, -0.1) is 11.3 Å². The van der Waals surface area contributed by atoms with Crippen molar-refractivity contribution >= 4 is 44.6 Å². The predicted molar refractivity (Wildman–Crippen MR) is 101 cm³/mol. The van der Waals surface area contributed by atoms with E-state index in [2.05, 4.69) is 0 Å².